The van der Waals surface area contributed by atoms with Crippen LogP contribution in [0.25, 0.3) is 0 Å². The topological polar surface area (TPSA) is 104 Å². The number of hydrogen-bond acceptors (Lipinski definition) is 4. The molecule has 0 aliphatic rings. The van der Waals surface area contributed by atoms with Crippen LogP contribution in [-0.4, -0.2) is 36.5 Å². The Morgan fingerprint density at radius 3 is 2.27 bits per heavy atom. The Morgan fingerprint density at radius 1 is 1.40 bits per heavy atom. The van der Waals surface area contributed by atoms with Gasteiger partial charge in [0.1, 0.15) is 10.6 Å². The number of H-pyrrole nitrogens is 1. The first-order valence-electron chi connectivity index (χ1n) is 3.90. The third-order valence-electron chi connectivity index (χ3n) is 1.80. The standard InChI is InChI=1S/C8H9NO5S/c1-4(10)5-3-9-6(8(11)12)7(5)15(2,13)14/h3,9H,1-2H3,(H,11,12). The Labute approximate surface area is 85.8 Å². The highest BCUT2D eigenvalue weighted by molar-refractivity contribution is 7.90. The molecule has 0 atom stereocenters. The third-order valence-corrected chi connectivity index (χ3v) is 2.96. The number of Topliss-reactive ketones (excluding diaryl/α,β-unsaturated/α-hetero) is 1. The van der Waals surface area contributed by atoms with Gasteiger partial charge in [-0.1, -0.05) is 0 Å². The van der Waals surface area contributed by atoms with E-state index in [2.05, 4.69) is 4.98 Å². The molecule has 0 aromatic carbocycles. The van der Waals surface area contributed by atoms with Gasteiger partial charge in [-0.2, -0.15) is 0 Å². The van der Waals surface area contributed by atoms with Crippen molar-refractivity contribution >= 4 is 21.6 Å². The van der Waals surface area contributed by atoms with Crippen LogP contribution in [0.4, 0.5) is 0 Å². The fourth-order valence-corrected chi connectivity index (χ4v) is 2.33. The fourth-order valence-electron chi connectivity index (χ4n) is 1.22. The molecule has 1 rings (SSSR count). The Hall–Kier alpha value is -1.63. The van der Waals surface area contributed by atoms with Gasteiger partial charge in [-0.15, -0.1) is 0 Å². The quantitative estimate of drug-likeness (QED) is 0.729. The smallest absolute Gasteiger partial charge is 0.353 e. The SMILES string of the molecule is CC(=O)c1c[nH]c(C(=O)O)c1S(C)(=O)=O. The average Bonchev–Trinajstić information content (AvgIpc) is 2.45. The minimum atomic E-state index is -3.74. The van der Waals surface area contributed by atoms with Gasteiger partial charge >= 0.3 is 5.97 Å². The lowest BCUT2D eigenvalue weighted by molar-refractivity contribution is 0.0687. The number of rotatable bonds is 3. The van der Waals surface area contributed by atoms with E-state index in [1.807, 2.05) is 0 Å². The Balaban J connectivity index is 3.62. The van der Waals surface area contributed by atoms with Crippen molar-refractivity contribution in [2.75, 3.05) is 6.26 Å². The van der Waals surface area contributed by atoms with E-state index in [9.17, 15) is 18.0 Å². The molecule has 1 heterocycles. The number of carbonyl (C=O) groups is 2. The van der Waals surface area contributed by atoms with Gasteiger partial charge in [-0.05, 0) is 6.92 Å². The molecule has 82 valence electrons. The van der Waals surface area contributed by atoms with Crippen molar-refractivity contribution < 1.29 is 23.1 Å². The third kappa shape index (κ3) is 2.07. The summed E-state index contributed by atoms with van der Waals surface area (Å²) in [6, 6.07) is 0. The highest BCUT2D eigenvalue weighted by Gasteiger charge is 2.26. The summed E-state index contributed by atoms with van der Waals surface area (Å²) in [6.45, 7) is 1.17. The molecule has 0 aliphatic carbocycles. The lowest BCUT2D eigenvalue weighted by Gasteiger charge is -1.99. The van der Waals surface area contributed by atoms with E-state index in [-0.39, 0.29) is 5.56 Å². The van der Waals surface area contributed by atoms with Crippen LogP contribution in [-0.2, 0) is 9.84 Å². The second kappa shape index (κ2) is 3.50. The number of ketones is 1. The van der Waals surface area contributed by atoms with E-state index < -0.39 is 32.2 Å². The minimum absolute atomic E-state index is 0.130. The van der Waals surface area contributed by atoms with Crippen LogP contribution in [0.5, 0.6) is 0 Å². The van der Waals surface area contributed by atoms with E-state index >= 15 is 0 Å². The van der Waals surface area contributed by atoms with Crippen LogP contribution in [0, 0.1) is 0 Å². The molecule has 0 saturated carbocycles. The number of nitrogens with one attached hydrogen (secondary N) is 1. The van der Waals surface area contributed by atoms with E-state index in [0.29, 0.717) is 0 Å². The number of carbonyl (C=O) groups excluding carboxylic acids is 1. The molecule has 1 aromatic heterocycles. The van der Waals surface area contributed by atoms with Crippen LogP contribution in [0.1, 0.15) is 27.8 Å². The van der Waals surface area contributed by atoms with Crippen molar-refractivity contribution in [2.45, 2.75) is 11.8 Å². The number of hydrogen-bond donors (Lipinski definition) is 2. The van der Waals surface area contributed by atoms with Gasteiger partial charge < -0.3 is 10.1 Å². The molecule has 0 saturated heterocycles. The zero-order valence-electron chi connectivity index (χ0n) is 8.07. The monoisotopic (exact) mass is 231 g/mol. The average molecular weight is 231 g/mol. The molecule has 0 radical (unpaired) electrons. The lowest BCUT2D eigenvalue weighted by atomic mass is 10.2. The van der Waals surface area contributed by atoms with Crippen LogP contribution in [0.15, 0.2) is 11.1 Å². The maximum absolute atomic E-state index is 11.3. The van der Waals surface area contributed by atoms with E-state index in [4.69, 9.17) is 5.11 Å². The second-order valence-corrected chi connectivity index (χ2v) is 4.99. The van der Waals surface area contributed by atoms with Gasteiger partial charge in [-0.3, -0.25) is 4.79 Å². The number of aromatic carboxylic acids is 1. The number of carboxylic acid groups (broad SMARTS) is 1. The zero-order chi connectivity index (χ0) is 11.8. The summed E-state index contributed by atoms with van der Waals surface area (Å²) in [4.78, 5) is 23.6. The predicted octanol–water partition coefficient (Wildman–Crippen LogP) is 0.319. The second-order valence-electron chi connectivity index (χ2n) is 3.04. The maximum atomic E-state index is 11.3. The first kappa shape index (κ1) is 11.4. The summed E-state index contributed by atoms with van der Waals surface area (Å²) in [5.74, 6) is -1.91. The van der Waals surface area contributed by atoms with Crippen molar-refractivity contribution in [1.29, 1.82) is 0 Å². The Kier molecular flexibility index (Phi) is 2.67. The molecule has 0 bridgehead atoms. The summed E-state index contributed by atoms with van der Waals surface area (Å²) in [7, 11) is -3.74. The van der Waals surface area contributed by atoms with E-state index in [1.165, 1.54) is 6.92 Å². The summed E-state index contributed by atoms with van der Waals surface area (Å²) in [6.07, 6.45) is 1.94. The van der Waals surface area contributed by atoms with Gasteiger partial charge in [0.15, 0.2) is 15.6 Å². The van der Waals surface area contributed by atoms with Gasteiger partial charge in [-0.25, -0.2) is 13.2 Å². The van der Waals surface area contributed by atoms with Crippen LogP contribution in [0.3, 0.4) is 0 Å². The molecule has 0 unspecified atom stereocenters. The highest BCUT2D eigenvalue weighted by Crippen LogP contribution is 2.20. The molecular weight excluding hydrogens is 222 g/mol. The first-order valence-corrected chi connectivity index (χ1v) is 5.80. The fraction of sp³-hybridized carbons (Fsp3) is 0.250. The van der Waals surface area contributed by atoms with E-state index in [1.54, 1.807) is 0 Å². The van der Waals surface area contributed by atoms with Gasteiger partial charge in [0.25, 0.3) is 0 Å². The first-order chi connectivity index (χ1) is 6.75. The number of aromatic nitrogens is 1. The number of sulfone groups is 1. The van der Waals surface area contributed by atoms with Crippen LogP contribution in [0.2, 0.25) is 0 Å². The molecule has 6 nitrogen and oxygen atoms in total. The van der Waals surface area contributed by atoms with Crippen molar-refractivity contribution in [2.24, 2.45) is 0 Å². The Bertz CT molecular complexity index is 494. The van der Waals surface area contributed by atoms with Gasteiger partial charge in [0.05, 0.1) is 5.56 Å². The molecule has 15 heavy (non-hydrogen) atoms. The van der Waals surface area contributed by atoms with Crippen molar-refractivity contribution in [3.63, 3.8) is 0 Å². The van der Waals surface area contributed by atoms with Gasteiger partial charge in [0, 0.05) is 12.5 Å². The zero-order valence-corrected chi connectivity index (χ0v) is 8.88. The summed E-state index contributed by atoms with van der Waals surface area (Å²) >= 11 is 0. The Morgan fingerprint density at radius 2 is 1.93 bits per heavy atom. The van der Waals surface area contributed by atoms with E-state index in [0.717, 1.165) is 12.5 Å². The normalized spacial score (nSPS) is 11.3. The van der Waals surface area contributed by atoms with Crippen molar-refractivity contribution in [3.05, 3.63) is 17.5 Å². The molecule has 2 N–H and O–H groups in total. The molecule has 0 aliphatic heterocycles. The molecule has 0 spiro atoms. The molecular formula is C8H9NO5S. The number of aromatic amines is 1. The van der Waals surface area contributed by atoms with Crippen LogP contribution < -0.4 is 0 Å². The largest absolute Gasteiger partial charge is 0.477 e. The molecule has 7 heteroatoms. The molecule has 1 aromatic rings. The molecule has 0 amide bonds. The molecule has 0 fully saturated rings. The lowest BCUT2D eigenvalue weighted by Crippen LogP contribution is -2.09. The summed E-state index contributed by atoms with van der Waals surface area (Å²) in [5.41, 5.74) is -0.613. The van der Waals surface area contributed by atoms with Crippen molar-refractivity contribution in [3.8, 4) is 0 Å². The summed E-state index contributed by atoms with van der Waals surface area (Å²) < 4.78 is 22.6. The maximum Gasteiger partial charge on any atom is 0.353 e. The predicted molar refractivity (Wildman–Crippen MR) is 50.9 cm³/mol. The van der Waals surface area contributed by atoms with Crippen molar-refractivity contribution in [1.82, 2.24) is 4.98 Å². The van der Waals surface area contributed by atoms with Crippen LogP contribution >= 0.6 is 0 Å². The minimum Gasteiger partial charge on any atom is -0.477 e. The van der Waals surface area contributed by atoms with Gasteiger partial charge in [0.2, 0.25) is 0 Å². The summed E-state index contributed by atoms with van der Waals surface area (Å²) in [5, 5.41) is 8.72. The highest BCUT2D eigenvalue weighted by atomic mass is 32.2. The number of carboxylic acids is 1.